The van der Waals surface area contributed by atoms with Crippen LogP contribution in [-0.4, -0.2) is 48.1 Å². The second kappa shape index (κ2) is 7.28. The highest BCUT2D eigenvalue weighted by Gasteiger charge is 2.36. The van der Waals surface area contributed by atoms with Crippen LogP contribution in [0.15, 0.2) is 60.7 Å². The zero-order chi connectivity index (χ0) is 17.1. The number of piperidine rings is 1. The summed E-state index contributed by atoms with van der Waals surface area (Å²) >= 11 is 0. The fraction of sp³-hybridized carbons (Fsp3) is 0.381. The van der Waals surface area contributed by atoms with Crippen LogP contribution in [0.2, 0.25) is 0 Å². The number of carbonyl (C=O) groups is 1. The Morgan fingerprint density at radius 2 is 1.48 bits per heavy atom. The van der Waals surface area contributed by atoms with Crippen molar-refractivity contribution >= 4 is 11.7 Å². The number of carbonyl (C=O) groups excluding carboxylic acids is 1. The van der Waals surface area contributed by atoms with E-state index in [0.29, 0.717) is 12.0 Å². The van der Waals surface area contributed by atoms with Gasteiger partial charge in [0.05, 0.1) is 0 Å². The number of hydrogen-bond acceptors (Lipinski definition) is 2. The van der Waals surface area contributed by atoms with Crippen molar-refractivity contribution in [3.05, 3.63) is 66.2 Å². The Balaban J connectivity index is 1.23. The summed E-state index contributed by atoms with van der Waals surface area (Å²) in [7, 11) is 0. The van der Waals surface area contributed by atoms with Gasteiger partial charge < -0.3 is 10.2 Å². The molecule has 1 N–H and O–H groups in total. The maximum absolute atomic E-state index is 12.3. The number of likely N-dealkylation sites (tertiary alicyclic amines) is 2. The molecule has 0 aliphatic carbocycles. The monoisotopic (exact) mass is 335 g/mol. The standard InChI is InChI=1S/C21H25N3O/c25-21(22-19-9-5-2-6-10-19)24-15-20(16-24)23-13-11-18(12-14-23)17-7-3-1-4-8-17/h1-10,18,20H,11-16H2,(H,22,25). The van der Waals surface area contributed by atoms with E-state index in [2.05, 4.69) is 40.5 Å². The smallest absolute Gasteiger partial charge is 0.321 e. The Hall–Kier alpha value is -2.33. The SMILES string of the molecule is O=C(Nc1ccccc1)N1CC(N2CCC(c3ccccc3)CC2)C1. The van der Waals surface area contributed by atoms with Gasteiger partial charge in [0, 0.05) is 24.8 Å². The number of para-hydroxylation sites is 1. The van der Waals surface area contributed by atoms with E-state index in [1.165, 1.54) is 18.4 Å². The lowest BCUT2D eigenvalue weighted by Crippen LogP contribution is -2.62. The maximum Gasteiger partial charge on any atom is 0.321 e. The first-order chi connectivity index (χ1) is 12.3. The van der Waals surface area contributed by atoms with Crippen molar-refractivity contribution in [1.82, 2.24) is 9.80 Å². The van der Waals surface area contributed by atoms with Gasteiger partial charge in [0.1, 0.15) is 0 Å². The molecular formula is C21H25N3O. The van der Waals surface area contributed by atoms with Gasteiger partial charge in [-0.1, -0.05) is 48.5 Å². The van der Waals surface area contributed by atoms with Crippen LogP contribution in [0.4, 0.5) is 10.5 Å². The van der Waals surface area contributed by atoms with Crippen LogP contribution in [0.25, 0.3) is 0 Å². The molecule has 4 heteroatoms. The lowest BCUT2D eigenvalue weighted by molar-refractivity contribution is 0.0454. The fourth-order valence-electron chi connectivity index (χ4n) is 3.90. The van der Waals surface area contributed by atoms with Gasteiger partial charge >= 0.3 is 6.03 Å². The van der Waals surface area contributed by atoms with Gasteiger partial charge in [-0.3, -0.25) is 4.90 Å². The topological polar surface area (TPSA) is 35.6 Å². The molecule has 2 aliphatic rings. The molecule has 0 unspecified atom stereocenters. The third-order valence-electron chi connectivity index (χ3n) is 5.49. The molecule has 2 fully saturated rings. The van der Waals surface area contributed by atoms with Gasteiger partial charge in [0.2, 0.25) is 0 Å². The summed E-state index contributed by atoms with van der Waals surface area (Å²) in [6.45, 7) is 3.96. The largest absolute Gasteiger partial charge is 0.321 e. The Kier molecular flexibility index (Phi) is 4.70. The Morgan fingerprint density at radius 3 is 2.12 bits per heavy atom. The summed E-state index contributed by atoms with van der Waals surface area (Å²) in [5.74, 6) is 0.690. The van der Waals surface area contributed by atoms with Crippen LogP contribution in [0.3, 0.4) is 0 Å². The van der Waals surface area contributed by atoms with Crippen molar-refractivity contribution in [2.45, 2.75) is 24.8 Å². The zero-order valence-electron chi connectivity index (χ0n) is 14.5. The van der Waals surface area contributed by atoms with Crippen LogP contribution < -0.4 is 5.32 Å². The van der Waals surface area contributed by atoms with Crippen LogP contribution in [-0.2, 0) is 0 Å². The molecule has 2 saturated heterocycles. The first-order valence-corrected chi connectivity index (χ1v) is 9.19. The fourth-order valence-corrected chi connectivity index (χ4v) is 3.90. The van der Waals surface area contributed by atoms with Gasteiger partial charge in [0.25, 0.3) is 0 Å². The normalized spacial score (nSPS) is 19.4. The summed E-state index contributed by atoms with van der Waals surface area (Å²) in [6, 6.07) is 21.1. The molecule has 2 amide bonds. The molecule has 0 aromatic heterocycles. The van der Waals surface area contributed by atoms with Crippen LogP contribution >= 0.6 is 0 Å². The predicted octanol–water partition coefficient (Wildman–Crippen LogP) is 3.78. The van der Waals surface area contributed by atoms with E-state index >= 15 is 0 Å². The quantitative estimate of drug-likeness (QED) is 0.926. The molecule has 0 spiro atoms. The van der Waals surface area contributed by atoms with E-state index in [4.69, 9.17) is 0 Å². The average Bonchev–Trinajstić information content (AvgIpc) is 2.63. The van der Waals surface area contributed by atoms with Gasteiger partial charge in [-0.25, -0.2) is 4.79 Å². The number of anilines is 1. The number of rotatable bonds is 3. The van der Waals surface area contributed by atoms with Gasteiger partial charge in [0.15, 0.2) is 0 Å². The molecule has 2 aliphatic heterocycles. The number of nitrogens with zero attached hydrogens (tertiary/aromatic N) is 2. The molecule has 4 rings (SSSR count). The highest BCUT2D eigenvalue weighted by Crippen LogP contribution is 2.30. The minimum Gasteiger partial charge on any atom is -0.321 e. The number of hydrogen-bond donors (Lipinski definition) is 1. The van der Waals surface area contributed by atoms with Crippen molar-refractivity contribution in [3.63, 3.8) is 0 Å². The van der Waals surface area contributed by atoms with Gasteiger partial charge in [-0.2, -0.15) is 0 Å². The zero-order valence-corrected chi connectivity index (χ0v) is 14.5. The summed E-state index contributed by atoms with van der Waals surface area (Å²) in [6.07, 6.45) is 2.44. The Morgan fingerprint density at radius 1 is 0.880 bits per heavy atom. The molecule has 0 radical (unpaired) electrons. The van der Waals surface area contributed by atoms with E-state index in [-0.39, 0.29) is 6.03 Å². The van der Waals surface area contributed by atoms with E-state index in [9.17, 15) is 4.79 Å². The Labute approximate surface area is 149 Å². The molecule has 2 heterocycles. The number of nitrogens with one attached hydrogen (secondary N) is 1. The van der Waals surface area contributed by atoms with E-state index in [0.717, 1.165) is 31.9 Å². The van der Waals surface area contributed by atoms with Crippen molar-refractivity contribution in [2.75, 3.05) is 31.5 Å². The molecule has 4 nitrogen and oxygen atoms in total. The first-order valence-electron chi connectivity index (χ1n) is 9.19. The minimum atomic E-state index is 0.0154. The Bertz CT molecular complexity index is 690. The van der Waals surface area contributed by atoms with Crippen molar-refractivity contribution in [1.29, 1.82) is 0 Å². The molecule has 25 heavy (non-hydrogen) atoms. The second-order valence-corrected chi connectivity index (χ2v) is 7.08. The first kappa shape index (κ1) is 16.2. The third kappa shape index (κ3) is 3.69. The molecule has 0 saturated carbocycles. The summed E-state index contributed by atoms with van der Waals surface area (Å²) in [5, 5.41) is 2.96. The molecule has 130 valence electrons. The molecular weight excluding hydrogens is 310 g/mol. The molecule has 0 bridgehead atoms. The van der Waals surface area contributed by atoms with Gasteiger partial charge in [-0.05, 0) is 49.5 Å². The van der Waals surface area contributed by atoms with Crippen molar-refractivity contribution in [3.8, 4) is 0 Å². The molecule has 2 aromatic carbocycles. The highest BCUT2D eigenvalue weighted by atomic mass is 16.2. The predicted molar refractivity (Wildman–Crippen MR) is 101 cm³/mol. The van der Waals surface area contributed by atoms with Crippen molar-refractivity contribution in [2.24, 2.45) is 0 Å². The lowest BCUT2D eigenvalue weighted by atomic mass is 9.88. The summed E-state index contributed by atoms with van der Waals surface area (Å²) in [4.78, 5) is 16.7. The summed E-state index contributed by atoms with van der Waals surface area (Å²) < 4.78 is 0. The van der Waals surface area contributed by atoms with E-state index < -0.39 is 0 Å². The highest BCUT2D eigenvalue weighted by molar-refractivity contribution is 5.89. The van der Waals surface area contributed by atoms with Crippen molar-refractivity contribution < 1.29 is 4.79 Å². The van der Waals surface area contributed by atoms with Gasteiger partial charge in [-0.15, -0.1) is 0 Å². The van der Waals surface area contributed by atoms with Crippen LogP contribution in [0.1, 0.15) is 24.3 Å². The average molecular weight is 335 g/mol. The van der Waals surface area contributed by atoms with Crippen LogP contribution in [0.5, 0.6) is 0 Å². The van der Waals surface area contributed by atoms with E-state index in [1.807, 2.05) is 35.2 Å². The third-order valence-corrected chi connectivity index (χ3v) is 5.49. The lowest BCUT2D eigenvalue weighted by Gasteiger charge is -2.47. The number of benzene rings is 2. The second-order valence-electron chi connectivity index (χ2n) is 7.08. The van der Waals surface area contributed by atoms with Crippen LogP contribution in [0, 0.1) is 0 Å². The molecule has 2 aromatic rings. The number of urea groups is 1. The number of amides is 2. The maximum atomic E-state index is 12.3. The minimum absolute atomic E-state index is 0.0154. The summed E-state index contributed by atoms with van der Waals surface area (Å²) in [5.41, 5.74) is 2.33. The van der Waals surface area contributed by atoms with E-state index in [1.54, 1.807) is 0 Å². The molecule has 0 atom stereocenters.